The van der Waals surface area contributed by atoms with Gasteiger partial charge in [0, 0.05) is 18.0 Å². The average Bonchev–Trinajstić information content (AvgIpc) is 2.99. The van der Waals surface area contributed by atoms with Crippen molar-refractivity contribution in [2.24, 2.45) is 0 Å². The quantitative estimate of drug-likeness (QED) is 0.752. The van der Waals surface area contributed by atoms with Crippen molar-refractivity contribution in [2.75, 3.05) is 5.32 Å². The van der Waals surface area contributed by atoms with Crippen molar-refractivity contribution in [3.63, 3.8) is 0 Å². The molecule has 0 aliphatic carbocycles. The van der Waals surface area contributed by atoms with E-state index in [9.17, 15) is 14.7 Å². The molecule has 2 aromatic heterocycles. The summed E-state index contributed by atoms with van der Waals surface area (Å²) in [6.45, 7) is 0. The molecule has 2 N–H and O–H groups in total. The Labute approximate surface area is 140 Å². The SMILES string of the molecule is O=C(Nc1onc(-c2ccncc2)c1C(=O)O)c1ccccc1Cl. The van der Waals surface area contributed by atoms with Gasteiger partial charge in [-0.25, -0.2) is 4.79 Å². The number of aromatic carboxylic acids is 1. The second-order valence-electron chi connectivity index (χ2n) is 4.71. The minimum absolute atomic E-state index is 0.0966. The number of rotatable bonds is 4. The van der Waals surface area contributed by atoms with Crippen molar-refractivity contribution in [2.45, 2.75) is 0 Å². The number of nitrogens with one attached hydrogen (secondary N) is 1. The number of nitrogens with zero attached hydrogens (tertiary/aromatic N) is 2. The monoisotopic (exact) mass is 343 g/mol. The van der Waals surface area contributed by atoms with Crippen LogP contribution in [0.1, 0.15) is 20.7 Å². The molecule has 0 aliphatic heterocycles. The van der Waals surface area contributed by atoms with Crippen LogP contribution < -0.4 is 5.32 Å². The normalized spacial score (nSPS) is 10.4. The standard InChI is InChI=1S/C16H10ClN3O4/c17-11-4-2-1-3-10(11)14(21)19-15-12(16(22)23)13(20-24-15)9-5-7-18-8-6-9/h1-8H,(H,19,21)(H,22,23). The number of carbonyl (C=O) groups excluding carboxylic acids is 1. The zero-order valence-corrected chi connectivity index (χ0v) is 12.8. The summed E-state index contributed by atoms with van der Waals surface area (Å²) in [6, 6.07) is 9.56. The number of benzene rings is 1. The van der Waals surface area contributed by atoms with E-state index in [2.05, 4.69) is 15.5 Å². The average molecular weight is 344 g/mol. The van der Waals surface area contributed by atoms with Crippen molar-refractivity contribution in [1.29, 1.82) is 0 Å². The molecule has 1 amide bonds. The van der Waals surface area contributed by atoms with E-state index in [0.717, 1.165) is 0 Å². The summed E-state index contributed by atoms with van der Waals surface area (Å²) < 4.78 is 5.02. The van der Waals surface area contributed by atoms with Crippen LogP contribution >= 0.6 is 11.6 Å². The predicted octanol–water partition coefficient (Wildman–Crippen LogP) is 3.34. The molecule has 0 unspecified atom stereocenters. The Morgan fingerprint density at radius 1 is 1.12 bits per heavy atom. The third-order valence-electron chi connectivity index (χ3n) is 3.21. The van der Waals surface area contributed by atoms with Gasteiger partial charge in [-0.1, -0.05) is 28.9 Å². The number of carboxylic acids is 1. The molecule has 0 fully saturated rings. The van der Waals surface area contributed by atoms with Gasteiger partial charge >= 0.3 is 5.97 Å². The van der Waals surface area contributed by atoms with E-state index < -0.39 is 11.9 Å². The number of carboxylic acid groups (broad SMARTS) is 1. The summed E-state index contributed by atoms with van der Waals surface area (Å²) in [5, 5.41) is 15.8. The van der Waals surface area contributed by atoms with E-state index in [1.54, 1.807) is 30.3 Å². The molecule has 7 nitrogen and oxygen atoms in total. The molecule has 0 bridgehead atoms. The van der Waals surface area contributed by atoms with Crippen LogP contribution in [0.4, 0.5) is 5.88 Å². The zero-order chi connectivity index (χ0) is 17.1. The lowest BCUT2D eigenvalue weighted by Crippen LogP contribution is -2.14. The van der Waals surface area contributed by atoms with Gasteiger partial charge in [0.05, 0.1) is 10.6 Å². The van der Waals surface area contributed by atoms with Crippen LogP contribution in [0.2, 0.25) is 5.02 Å². The minimum Gasteiger partial charge on any atom is -0.477 e. The Morgan fingerprint density at radius 3 is 2.50 bits per heavy atom. The van der Waals surface area contributed by atoms with Crippen LogP contribution in [0.25, 0.3) is 11.3 Å². The Hall–Kier alpha value is -3.19. The van der Waals surface area contributed by atoms with Crippen LogP contribution in [0, 0.1) is 0 Å². The fourth-order valence-corrected chi connectivity index (χ4v) is 2.32. The minimum atomic E-state index is -1.28. The molecule has 0 atom stereocenters. The third-order valence-corrected chi connectivity index (χ3v) is 3.53. The zero-order valence-electron chi connectivity index (χ0n) is 12.1. The molecule has 0 radical (unpaired) electrons. The lowest BCUT2D eigenvalue weighted by Gasteiger charge is -2.04. The number of pyridine rings is 1. The second kappa shape index (κ2) is 6.51. The predicted molar refractivity (Wildman–Crippen MR) is 86.1 cm³/mol. The molecular formula is C16H10ClN3O4. The summed E-state index contributed by atoms with van der Waals surface area (Å²) >= 11 is 5.96. The van der Waals surface area contributed by atoms with Gasteiger partial charge in [-0.3, -0.25) is 15.1 Å². The number of hydrogen-bond acceptors (Lipinski definition) is 5. The number of aromatic nitrogens is 2. The maximum Gasteiger partial charge on any atom is 0.343 e. The summed E-state index contributed by atoms with van der Waals surface area (Å²) in [6.07, 6.45) is 3.00. The highest BCUT2D eigenvalue weighted by atomic mass is 35.5. The third kappa shape index (κ3) is 2.97. The molecule has 0 aliphatic rings. The van der Waals surface area contributed by atoms with Gasteiger partial charge in [-0.15, -0.1) is 0 Å². The highest BCUT2D eigenvalue weighted by Crippen LogP contribution is 2.29. The van der Waals surface area contributed by atoms with Crippen molar-refractivity contribution in [3.05, 3.63) is 64.9 Å². The first-order chi connectivity index (χ1) is 11.6. The number of halogens is 1. The summed E-state index contributed by atoms with van der Waals surface area (Å²) in [7, 11) is 0. The van der Waals surface area contributed by atoms with Crippen LogP contribution in [0.15, 0.2) is 53.3 Å². The first-order valence-corrected chi connectivity index (χ1v) is 7.15. The largest absolute Gasteiger partial charge is 0.477 e. The van der Waals surface area contributed by atoms with Crippen LogP contribution in [-0.2, 0) is 0 Å². The molecule has 0 spiro atoms. The second-order valence-corrected chi connectivity index (χ2v) is 5.12. The van der Waals surface area contributed by atoms with Crippen molar-refractivity contribution < 1.29 is 19.2 Å². The highest BCUT2D eigenvalue weighted by Gasteiger charge is 2.25. The van der Waals surface area contributed by atoms with Gasteiger partial charge in [0.1, 0.15) is 5.69 Å². The molecule has 2 heterocycles. The topological polar surface area (TPSA) is 105 Å². The molecule has 8 heteroatoms. The van der Waals surface area contributed by atoms with Gasteiger partial charge in [0.15, 0.2) is 5.56 Å². The highest BCUT2D eigenvalue weighted by molar-refractivity contribution is 6.34. The number of carbonyl (C=O) groups is 2. The Morgan fingerprint density at radius 2 is 1.83 bits per heavy atom. The number of anilines is 1. The molecule has 1 aromatic carbocycles. The van der Waals surface area contributed by atoms with Crippen molar-refractivity contribution >= 4 is 29.4 Å². The van der Waals surface area contributed by atoms with E-state index >= 15 is 0 Å². The van der Waals surface area contributed by atoms with E-state index in [-0.39, 0.29) is 27.7 Å². The van der Waals surface area contributed by atoms with Crippen LogP contribution in [-0.4, -0.2) is 27.1 Å². The van der Waals surface area contributed by atoms with E-state index in [4.69, 9.17) is 16.1 Å². The van der Waals surface area contributed by atoms with Gasteiger partial charge in [-0.2, -0.15) is 0 Å². The summed E-state index contributed by atoms with van der Waals surface area (Å²) in [5.41, 5.74) is 0.544. The van der Waals surface area contributed by atoms with Crippen molar-refractivity contribution in [1.82, 2.24) is 10.1 Å². The van der Waals surface area contributed by atoms with Crippen LogP contribution in [0.5, 0.6) is 0 Å². The lowest BCUT2D eigenvalue weighted by molar-refractivity contribution is 0.0698. The number of hydrogen-bond donors (Lipinski definition) is 2. The number of amides is 1. The van der Waals surface area contributed by atoms with E-state index in [0.29, 0.717) is 5.56 Å². The first-order valence-electron chi connectivity index (χ1n) is 6.77. The van der Waals surface area contributed by atoms with Crippen molar-refractivity contribution in [3.8, 4) is 11.3 Å². The van der Waals surface area contributed by atoms with Gasteiger partial charge in [0.2, 0.25) is 5.88 Å². The summed E-state index contributed by atoms with van der Waals surface area (Å²) in [4.78, 5) is 27.7. The maximum absolute atomic E-state index is 12.3. The van der Waals surface area contributed by atoms with Gasteiger partial charge in [0.25, 0.3) is 5.91 Å². The molecule has 24 heavy (non-hydrogen) atoms. The van der Waals surface area contributed by atoms with Crippen LogP contribution in [0.3, 0.4) is 0 Å². The summed E-state index contributed by atoms with van der Waals surface area (Å²) in [5.74, 6) is -2.14. The van der Waals surface area contributed by atoms with E-state index in [1.807, 2.05) is 0 Å². The van der Waals surface area contributed by atoms with Gasteiger partial charge < -0.3 is 9.63 Å². The molecule has 0 saturated carbocycles. The Balaban J connectivity index is 1.98. The fourth-order valence-electron chi connectivity index (χ4n) is 2.10. The van der Waals surface area contributed by atoms with Gasteiger partial charge in [-0.05, 0) is 24.3 Å². The molecule has 0 saturated heterocycles. The first kappa shape index (κ1) is 15.7. The smallest absolute Gasteiger partial charge is 0.343 e. The fraction of sp³-hybridized carbons (Fsp3) is 0. The lowest BCUT2D eigenvalue weighted by atomic mass is 10.1. The van der Waals surface area contributed by atoms with E-state index in [1.165, 1.54) is 18.5 Å². The molecule has 120 valence electrons. The Bertz CT molecular complexity index is 909. The Kier molecular flexibility index (Phi) is 4.26. The molecule has 3 aromatic rings. The maximum atomic E-state index is 12.3. The molecule has 3 rings (SSSR count). The molecular weight excluding hydrogens is 334 g/mol.